The highest BCUT2D eigenvalue weighted by atomic mass is 32.2. The third-order valence-electron chi connectivity index (χ3n) is 2.03. The highest BCUT2D eigenvalue weighted by Gasteiger charge is 2.27. The molecule has 0 heterocycles. The molecule has 0 aliphatic rings. The van der Waals surface area contributed by atoms with E-state index in [-0.39, 0.29) is 12.3 Å². The van der Waals surface area contributed by atoms with Crippen LogP contribution in [0, 0.1) is 0 Å². The topological polar surface area (TPSA) is 58.2 Å². The molecule has 0 unspecified atom stereocenters. The Morgan fingerprint density at radius 1 is 1.16 bits per heavy atom. The first-order valence-electron chi connectivity index (χ1n) is 5.40. The van der Waals surface area contributed by atoms with Crippen molar-refractivity contribution in [3.63, 3.8) is 0 Å². The second kappa shape index (κ2) is 7.13. The first-order valence-corrected chi connectivity index (χ1v) is 6.72. The fraction of sp³-hybridized carbons (Fsp3) is 0.364. The standard InChI is InChI=1S/C11H13F3N2O2S/c12-11(13,14)8-16-10(17)15-6-7-19(18)9-4-2-1-3-5-9/h1-5H,6-8H2,(H2,15,16,17)/t19-/m0/s1. The van der Waals surface area contributed by atoms with Crippen LogP contribution in [0.3, 0.4) is 0 Å². The molecule has 1 atom stereocenters. The normalized spacial score (nSPS) is 12.8. The molecule has 0 radical (unpaired) electrons. The number of carbonyl (C=O) groups excluding carboxylic acids is 1. The summed E-state index contributed by atoms with van der Waals surface area (Å²) in [6.45, 7) is -1.36. The minimum atomic E-state index is -4.44. The number of hydrogen-bond donors (Lipinski definition) is 2. The van der Waals surface area contributed by atoms with Crippen LogP contribution < -0.4 is 10.6 Å². The zero-order valence-electron chi connectivity index (χ0n) is 9.87. The molecule has 1 aromatic rings. The zero-order valence-corrected chi connectivity index (χ0v) is 10.7. The van der Waals surface area contributed by atoms with E-state index in [2.05, 4.69) is 5.32 Å². The lowest BCUT2D eigenvalue weighted by Crippen LogP contribution is -2.41. The summed E-state index contributed by atoms with van der Waals surface area (Å²) in [6.07, 6.45) is -4.44. The van der Waals surface area contributed by atoms with Crippen molar-refractivity contribution in [3.05, 3.63) is 30.3 Å². The van der Waals surface area contributed by atoms with Gasteiger partial charge in [-0.1, -0.05) is 18.2 Å². The second-order valence-electron chi connectivity index (χ2n) is 3.59. The van der Waals surface area contributed by atoms with Gasteiger partial charge in [-0.3, -0.25) is 4.21 Å². The van der Waals surface area contributed by atoms with Crippen molar-refractivity contribution in [3.8, 4) is 0 Å². The molecule has 0 aromatic heterocycles. The molecule has 2 N–H and O–H groups in total. The van der Waals surface area contributed by atoms with E-state index in [1.54, 1.807) is 35.6 Å². The van der Waals surface area contributed by atoms with Gasteiger partial charge in [0.2, 0.25) is 0 Å². The minimum Gasteiger partial charge on any atom is -0.337 e. The van der Waals surface area contributed by atoms with Gasteiger partial charge in [-0.05, 0) is 12.1 Å². The average Bonchev–Trinajstić information content (AvgIpc) is 2.36. The van der Waals surface area contributed by atoms with Crippen molar-refractivity contribution < 1.29 is 22.2 Å². The summed E-state index contributed by atoms with van der Waals surface area (Å²) in [6, 6.07) is 7.68. The maximum Gasteiger partial charge on any atom is 0.405 e. The molecule has 19 heavy (non-hydrogen) atoms. The molecule has 0 saturated heterocycles. The maximum absolute atomic E-state index is 11.8. The van der Waals surface area contributed by atoms with Crippen LogP contribution in [0.4, 0.5) is 18.0 Å². The first-order chi connectivity index (χ1) is 8.88. The summed E-state index contributed by atoms with van der Waals surface area (Å²) >= 11 is 0. The van der Waals surface area contributed by atoms with Gasteiger partial charge >= 0.3 is 12.2 Å². The van der Waals surface area contributed by atoms with Crippen LogP contribution in [0.2, 0.25) is 0 Å². The Morgan fingerprint density at radius 3 is 2.37 bits per heavy atom. The Bertz CT molecular complexity index is 437. The molecule has 4 nitrogen and oxygen atoms in total. The van der Waals surface area contributed by atoms with Crippen molar-refractivity contribution in [1.29, 1.82) is 0 Å². The third-order valence-corrected chi connectivity index (χ3v) is 3.40. The van der Waals surface area contributed by atoms with Crippen LogP contribution in [0.15, 0.2) is 35.2 Å². The summed E-state index contributed by atoms with van der Waals surface area (Å²) in [5.41, 5.74) is 0. The van der Waals surface area contributed by atoms with Gasteiger partial charge in [0.15, 0.2) is 0 Å². The Balaban J connectivity index is 2.24. The summed E-state index contributed by atoms with van der Waals surface area (Å²) < 4.78 is 47.1. The van der Waals surface area contributed by atoms with E-state index in [0.717, 1.165) is 0 Å². The summed E-state index contributed by atoms with van der Waals surface area (Å²) in [5, 5.41) is 3.87. The lowest BCUT2D eigenvalue weighted by Gasteiger charge is -2.09. The molecule has 0 bridgehead atoms. The van der Waals surface area contributed by atoms with E-state index in [4.69, 9.17) is 0 Å². The van der Waals surface area contributed by atoms with Crippen LogP contribution in [0.25, 0.3) is 0 Å². The van der Waals surface area contributed by atoms with Gasteiger partial charge in [-0.15, -0.1) is 0 Å². The lowest BCUT2D eigenvalue weighted by atomic mass is 10.4. The molecule has 106 valence electrons. The highest BCUT2D eigenvalue weighted by molar-refractivity contribution is 7.85. The molecular weight excluding hydrogens is 281 g/mol. The van der Waals surface area contributed by atoms with Crippen LogP contribution in [-0.2, 0) is 10.8 Å². The molecule has 2 amide bonds. The van der Waals surface area contributed by atoms with E-state index in [1.807, 2.05) is 0 Å². The fourth-order valence-electron chi connectivity index (χ4n) is 1.19. The number of alkyl halides is 3. The average molecular weight is 294 g/mol. The molecule has 0 fully saturated rings. The van der Waals surface area contributed by atoms with Crippen molar-refractivity contribution in [2.45, 2.75) is 11.1 Å². The van der Waals surface area contributed by atoms with Crippen molar-refractivity contribution in [2.75, 3.05) is 18.8 Å². The highest BCUT2D eigenvalue weighted by Crippen LogP contribution is 2.11. The van der Waals surface area contributed by atoms with Crippen LogP contribution >= 0.6 is 0 Å². The smallest absolute Gasteiger partial charge is 0.337 e. The molecule has 0 aliphatic heterocycles. The summed E-state index contributed by atoms with van der Waals surface area (Å²) in [4.78, 5) is 11.6. The minimum absolute atomic E-state index is 0.0329. The van der Waals surface area contributed by atoms with Gasteiger partial charge in [-0.2, -0.15) is 13.2 Å². The predicted octanol–water partition coefficient (Wildman–Crippen LogP) is 1.66. The van der Waals surface area contributed by atoms with E-state index >= 15 is 0 Å². The largest absolute Gasteiger partial charge is 0.405 e. The van der Waals surface area contributed by atoms with E-state index < -0.39 is 29.6 Å². The Labute approximate surface area is 110 Å². The number of rotatable bonds is 5. The van der Waals surface area contributed by atoms with Gasteiger partial charge in [0, 0.05) is 17.2 Å². The molecule has 0 aliphatic carbocycles. The Kier molecular flexibility index (Phi) is 5.81. The van der Waals surface area contributed by atoms with Gasteiger partial charge < -0.3 is 10.6 Å². The van der Waals surface area contributed by atoms with Crippen molar-refractivity contribution in [1.82, 2.24) is 10.6 Å². The second-order valence-corrected chi connectivity index (χ2v) is 5.16. The summed E-state index contributed by atoms with van der Waals surface area (Å²) in [7, 11) is -1.29. The zero-order chi connectivity index (χ0) is 14.3. The van der Waals surface area contributed by atoms with Crippen LogP contribution in [0.1, 0.15) is 0 Å². The number of nitrogens with one attached hydrogen (secondary N) is 2. The summed E-state index contributed by atoms with van der Waals surface area (Å²) in [5.74, 6) is 0.142. The van der Waals surface area contributed by atoms with Gasteiger partial charge in [-0.25, -0.2) is 4.79 Å². The van der Waals surface area contributed by atoms with Crippen LogP contribution in [0.5, 0.6) is 0 Å². The third kappa shape index (κ3) is 6.80. The maximum atomic E-state index is 11.8. The molecule has 1 aromatic carbocycles. The lowest BCUT2D eigenvalue weighted by molar-refractivity contribution is -0.122. The quantitative estimate of drug-likeness (QED) is 0.867. The number of amides is 2. The van der Waals surface area contributed by atoms with Gasteiger partial charge in [0.05, 0.1) is 10.8 Å². The number of urea groups is 1. The first kappa shape index (κ1) is 15.5. The van der Waals surface area contributed by atoms with Gasteiger partial charge in [0.1, 0.15) is 6.54 Å². The monoisotopic (exact) mass is 294 g/mol. The number of carbonyl (C=O) groups is 1. The Hall–Kier alpha value is -1.57. The van der Waals surface area contributed by atoms with Crippen molar-refractivity contribution >= 4 is 16.8 Å². The van der Waals surface area contributed by atoms with E-state index in [0.29, 0.717) is 4.90 Å². The number of hydrogen-bond acceptors (Lipinski definition) is 2. The van der Waals surface area contributed by atoms with Crippen molar-refractivity contribution in [2.24, 2.45) is 0 Å². The number of benzene rings is 1. The molecule has 1 rings (SSSR count). The SMILES string of the molecule is O=C(NCC[S@](=O)c1ccccc1)NCC(F)(F)F. The molecular formula is C11H13F3N2O2S. The number of halogens is 3. The molecule has 0 spiro atoms. The van der Waals surface area contributed by atoms with E-state index in [1.165, 1.54) is 0 Å². The molecule has 0 saturated carbocycles. The fourth-order valence-corrected chi connectivity index (χ4v) is 2.17. The molecule has 8 heteroatoms. The van der Waals surface area contributed by atoms with Gasteiger partial charge in [0.25, 0.3) is 0 Å². The van der Waals surface area contributed by atoms with E-state index in [9.17, 15) is 22.2 Å². The predicted molar refractivity (Wildman–Crippen MR) is 65.2 cm³/mol. The van der Waals surface area contributed by atoms with Crippen LogP contribution in [-0.4, -0.2) is 35.3 Å². The Morgan fingerprint density at radius 2 is 1.79 bits per heavy atom.